The minimum absolute atomic E-state index is 0.00711. The van der Waals surface area contributed by atoms with E-state index < -0.39 is 0 Å². The third kappa shape index (κ3) is 5.78. The van der Waals surface area contributed by atoms with Crippen LogP contribution in [0.4, 0.5) is 0 Å². The molecule has 1 heterocycles. The summed E-state index contributed by atoms with van der Waals surface area (Å²) in [6, 6.07) is 0. The van der Waals surface area contributed by atoms with Gasteiger partial charge in [-0.25, -0.2) is 0 Å². The number of morpholine rings is 1. The number of carbonyl (C=O) groups is 1. The van der Waals surface area contributed by atoms with E-state index in [-0.39, 0.29) is 12.1 Å². The Hall–Kier alpha value is -0.870. The molecule has 8 atom stereocenters. The molecule has 0 spiro atoms. The predicted molar refractivity (Wildman–Crippen MR) is 155 cm³/mol. The number of ether oxygens (including phenoxy) is 2. The third-order valence-electron chi connectivity index (χ3n) is 12.3. The highest BCUT2D eigenvalue weighted by atomic mass is 16.5. The van der Waals surface area contributed by atoms with Crippen molar-refractivity contribution in [3.05, 3.63) is 11.6 Å². The first-order valence-corrected chi connectivity index (χ1v) is 16.4. The number of hydrogen-bond acceptors (Lipinski definition) is 4. The van der Waals surface area contributed by atoms with E-state index in [0.717, 1.165) is 81.2 Å². The summed E-state index contributed by atoms with van der Waals surface area (Å²) in [7, 11) is 0. The molecule has 38 heavy (non-hydrogen) atoms. The Kier molecular flexibility index (Phi) is 9.00. The zero-order valence-corrected chi connectivity index (χ0v) is 25.3. The van der Waals surface area contributed by atoms with Gasteiger partial charge >= 0.3 is 5.97 Å². The monoisotopic (exact) mass is 527 g/mol. The van der Waals surface area contributed by atoms with E-state index in [4.69, 9.17) is 9.47 Å². The van der Waals surface area contributed by atoms with Gasteiger partial charge in [0.05, 0.1) is 19.6 Å². The van der Waals surface area contributed by atoms with Crippen LogP contribution in [0.1, 0.15) is 112 Å². The van der Waals surface area contributed by atoms with Crippen molar-refractivity contribution in [3.8, 4) is 0 Å². The molecule has 5 aliphatic rings. The van der Waals surface area contributed by atoms with Gasteiger partial charge in [-0.05, 0) is 91.3 Å². The number of allylic oxidation sites excluding steroid dienone is 1. The molecule has 216 valence electrons. The van der Waals surface area contributed by atoms with Gasteiger partial charge in [-0.1, -0.05) is 65.5 Å². The molecule has 0 aromatic heterocycles. The molecule has 0 aromatic carbocycles. The standard InChI is InChI=1S/C34H57NO3/c1-24(2)7-6-8-25(3)29-11-12-30-28-10-9-26-23-27(38-32(36)15-18-35-19-21-37-22-20-35)13-16-33(26,4)31(28)14-17-34(29,30)5/h9,24-25,27-31H,6-8,10-23H2,1-5H3. The van der Waals surface area contributed by atoms with Crippen molar-refractivity contribution in [1.82, 2.24) is 4.90 Å². The van der Waals surface area contributed by atoms with Crippen LogP contribution in [0, 0.1) is 46.3 Å². The fourth-order valence-electron chi connectivity index (χ4n) is 10.1. The summed E-state index contributed by atoms with van der Waals surface area (Å²) in [5.41, 5.74) is 2.49. The van der Waals surface area contributed by atoms with Gasteiger partial charge < -0.3 is 9.47 Å². The summed E-state index contributed by atoms with van der Waals surface area (Å²) in [4.78, 5) is 15.0. The maximum absolute atomic E-state index is 12.7. The number of hydrogen-bond donors (Lipinski definition) is 0. The Labute approximate surface area is 233 Å². The highest BCUT2D eigenvalue weighted by molar-refractivity contribution is 5.69. The van der Waals surface area contributed by atoms with Crippen molar-refractivity contribution in [3.63, 3.8) is 0 Å². The van der Waals surface area contributed by atoms with Gasteiger partial charge in [-0.2, -0.15) is 0 Å². The van der Waals surface area contributed by atoms with Crippen molar-refractivity contribution >= 4 is 5.97 Å². The smallest absolute Gasteiger partial charge is 0.307 e. The summed E-state index contributed by atoms with van der Waals surface area (Å²) < 4.78 is 11.5. The first kappa shape index (κ1) is 28.7. The molecule has 4 fully saturated rings. The van der Waals surface area contributed by atoms with E-state index in [1.165, 1.54) is 57.8 Å². The summed E-state index contributed by atoms with van der Waals surface area (Å²) >= 11 is 0. The lowest BCUT2D eigenvalue weighted by Crippen LogP contribution is -2.51. The Balaban J connectivity index is 1.17. The molecule has 4 heteroatoms. The zero-order chi connectivity index (χ0) is 26.9. The SMILES string of the molecule is CC(C)CCCC(C)C1CCC2C3CC=C4CC(OC(=O)CCN5CCOCC5)CCC4(C)C3CCC12C. The van der Waals surface area contributed by atoms with E-state index in [0.29, 0.717) is 17.3 Å². The second-order valence-corrected chi connectivity index (χ2v) is 14.8. The third-order valence-corrected chi connectivity index (χ3v) is 12.3. The van der Waals surface area contributed by atoms with Gasteiger partial charge in [-0.15, -0.1) is 0 Å². The normalized spacial score (nSPS) is 40.2. The quantitative estimate of drug-likeness (QED) is 0.228. The van der Waals surface area contributed by atoms with E-state index in [1.807, 2.05) is 0 Å². The van der Waals surface area contributed by atoms with Crippen LogP contribution >= 0.6 is 0 Å². The first-order valence-electron chi connectivity index (χ1n) is 16.4. The van der Waals surface area contributed by atoms with Gasteiger partial charge in [-0.3, -0.25) is 9.69 Å². The van der Waals surface area contributed by atoms with Gasteiger partial charge in [0.2, 0.25) is 0 Å². The van der Waals surface area contributed by atoms with Crippen LogP contribution in [0.25, 0.3) is 0 Å². The number of nitrogens with zero attached hydrogens (tertiary/aromatic N) is 1. The second-order valence-electron chi connectivity index (χ2n) is 14.8. The molecule has 8 unspecified atom stereocenters. The van der Waals surface area contributed by atoms with E-state index in [9.17, 15) is 4.79 Å². The maximum atomic E-state index is 12.7. The second kappa shape index (κ2) is 11.9. The summed E-state index contributed by atoms with van der Waals surface area (Å²) in [6.45, 7) is 16.8. The van der Waals surface area contributed by atoms with Crippen LogP contribution in [0.15, 0.2) is 11.6 Å². The molecule has 1 aliphatic heterocycles. The van der Waals surface area contributed by atoms with Gasteiger partial charge in [0, 0.05) is 26.1 Å². The van der Waals surface area contributed by atoms with Gasteiger partial charge in [0.15, 0.2) is 0 Å². The Bertz CT molecular complexity index is 847. The molecule has 5 rings (SSSR count). The molecular weight excluding hydrogens is 470 g/mol. The van der Waals surface area contributed by atoms with E-state index in [1.54, 1.807) is 5.57 Å². The Morgan fingerprint density at radius 2 is 1.84 bits per heavy atom. The highest BCUT2D eigenvalue weighted by Gasteiger charge is 2.59. The molecule has 0 N–H and O–H groups in total. The van der Waals surface area contributed by atoms with E-state index in [2.05, 4.69) is 45.6 Å². The van der Waals surface area contributed by atoms with Crippen molar-refractivity contribution in [2.45, 2.75) is 118 Å². The van der Waals surface area contributed by atoms with Crippen LogP contribution < -0.4 is 0 Å². The van der Waals surface area contributed by atoms with Crippen molar-refractivity contribution in [2.24, 2.45) is 46.3 Å². The molecule has 4 nitrogen and oxygen atoms in total. The van der Waals surface area contributed by atoms with Gasteiger partial charge in [0.25, 0.3) is 0 Å². The van der Waals surface area contributed by atoms with Crippen LogP contribution in [-0.2, 0) is 14.3 Å². The van der Waals surface area contributed by atoms with E-state index >= 15 is 0 Å². The Morgan fingerprint density at radius 1 is 1.05 bits per heavy atom. The van der Waals surface area contributed by atoms with Crippen LogP contribution in [-0.4, -0.2) is 49.8 Å². The molecule has 3 saturated carbocycles. The van der Waals surface area contributed by atoms with Crippen LogP contribution in [0.2, 0.25) is 0 Å². The number of fused-ring (bicyclic) bond motifs is 5. The minimum Gasteiger partial charge on any atom is -0.462 e. The van der Waals surface area contributed by atoms with Crippen molar-refractivity contribution < 1.29 is 14.3 Å². The topological polar surface area (TPSA) is 38.8 Å². The minimum atomic E-state index is -0.00711. The summed E-state index contributed by atoms with van der Waals surface area (Å²) in [6.07, 6.45) is 17.7. The van der Waals surface area contributed by atoms with Crippen LogP contribution in [0.3, 0.4) is 0 Å². The number of esters is 1. The molecule has 0 radical (unpaired) electrons. The number of rotatable bonds is 9. The lowest BCUT2D eigenvalue weighted by Gasteiger charge is -2.58. The summed E-state index contributed by atoms with van der Waals surface area (Å²) in [5, 5.41) is 0. The molecule has 0 aromatic rings. The largest absolute Gasteiger partial charge is 0.462 e. The van der Waals surface area contributed by atoms with Crippen LogP contribution in [0.5, 0.6) is 0 Å². The molecular formula is C34H57NO3. The molecule has 0 bridgehead atoms. The first-order chi connectivity index (χ1) is 18.2. The highest BCUT2D eigenvalue weighted by Crippen LogP contribution is 2.67. The lowest BCUT2D eigenvalue weighted by molar-refractivity contribution is -0.152. The van der Waals surface area contributed by atoms with Crippen molar-refractivity contribution in [1.29, 1.82) is 0 Å². The fourth-order valence-corrected chi connectivity index (χ4v) is 10.1. The van der Waals surface area contributed by atoms with Crippen molar-refractivity contribution in [2.75, 3.05) is 32.8 Å². The summed E-state index contributed by atoms with van der Waals surface area (Å²) in [5.74, 6) is 5.22. The fraction of sp³-hybridized carbons (Fsp3) is 0.912. The zero-order valence-electron chi connectivity index (χ0n) is 25.3. The average molecular weight is 528 g/mol. The maximum Gasteiger partial charge on any atom is 0.307 e. The lowest BCUT2D eigenvalue weighted by atomic mass is 9.47. The Morgan fingerprint density at radius 3 is 2.61 bits per heavy atom. The van der Waals surface area contributed by atoms with Gasteiger partial charge in [0.1, 0.15) is 6.10 Å². The molecule has 4 aliphatic carbocycles. The average Bonchev–Trinajstić information content (AvgIpc) is 3.25. The molecule has 1 saturated heterocycles. The number of carbonyl (C=O) groups excluding carboxylic acids is 1. The molecule has 0 amide bonds. The predicted octanol–water partition coefficient (Wildman–Crippen LogP) is 7.66.